The van der Waals surface area contributed by atoms with Gasteiger partial charge < -0.3 is 18.9 Å². The van der Waals surface area contributed by atoms with Crippen molar-refractivity contribution >= 4 is 0 Å². The van der Waals surface area contributed by atoms with E-state index in [-0.39, 0.29) is 0 Å². The van der Waals surface area contributed by atoms with Crippen molar-refractivity contribution < 1.29 is 18.9 Å². The van der Waals surface area contributed by atoms with E-state index in [1.54, 1.807) is 0 Å². The van der Waals surface area contributed by atoms with Crippen LogP contribution in [0.25, 0.3) is 11.1 Å². The summed E-state index contributed by atoms with van der Waals surface area (Å²) >= 11 is 0. The number of benzene rings is 2. The standard InChI is InChI=1S/C18H18O4/c1-11-3-5-13-17(21-9-7-19-13)15(11)16-12(2)4-6-14-18(16)22-10-8-20-14/h3-6H,7-10H2,1-2H3. The van der Waals surface area contributed by atoms with Gasteiger partial charge in [0.1, 0.15) is 26.4 Å². The summed E-state index contributed by atoms with van der Waals surface area (Å²) in [5.74, 6) is 3.19. The van der Waals surface area contributed by atoms with Crippen molar-refractivity contribution in [3.63, 3.8) is 0 Å². The van der Waals surface area contributed by atoms with E-state index in [9.17, 15) is 0 Å². The zero-order valence-corrected chi connectivity index (χ0v) is 12.8. The molecule has 0 atom stereocenters. The smallest absolute Gasteiger partial charge is 0.169 e. The molecule has 0 saturated heterocycles. The fourth-order valence-corrected chi connectivity index (χ4v) is 3.05. The van der Waals surface area contributed by atoms with Gasteiger partial charge in [0.2, 0.25) is 0 Å². The first kappa shape index (κ1) is 13.3. The van der Waals surface area contributed by atoms with Gasteiger partial charge in [0.25, 0.3) is 0 Å². The number of hydrogen-bond donors (Lipinski definition) is 0. The highest BCUT2D eigenvalue weighted by atomic mass is 16.6. The van der Waals surface area contributed by atoms with E-state index < -0.39 is 0 Å². The lowest BCUT2D eigenvalue weighted by Gasteiger charge is -2.26. The van der Waals surface area contributed by atoms with Crippen LogP contribution in [0.1, 0.15) is 11.1 Å². The molecule has 0 bridgehead atoms. The van der Waals surface area contributed by atoms with Gasteiger partial charge in [-0.05, 0) is 37.1 Å². The van der Waals surface area contributed by atoms with Crippen molar-refractivity contribution in [2.24, 2.45) is 0 Å². The molecular formula is C18H18O4. The predicted molar refractivity (Wildman–Crippen MR) is 83.3 cm³/mol. The Bertz CT molecular complexity index is 673. The van der Waals surface area contributed by atoms with Crippen LogP contribution in [-0.4, -0.2) is 26.4 Å². The number of hydrogen-bond acceptors (Lipinski definition) is 4. The summed E-state index contributed by atoms with van der Waals surface area (Å²) in [6.07, 6.45) is 0. The third kappa shape index (κ3) is 1.98. The Balaban J connectivity index is 2.00. The Kier molecular flexibility index (Phi) is 3.10. The monoisotopic (exact) mass is 298 g/mol. The molecule has 0 amide bonds. The lowest BCUT2D eigenvalue weighted by atomic mass is 9.93. The number of rotatable bonds is 1. The maximum absolute atomic E-state index is 5.91. The van der Waals surface area contributed by atoms with E-state index in [4.69, 9.17) is 18.9 Å². The maximum Gasteiger partial charge on any atom is 0.169 e. The summed E-state index contributed by atoms with van der Waals surface area (Å²) < 4.78 is 23.3. The third-order valence-corrected chi connectivity index (χ3v) is 4.08. The third-order valence-electron chi connectivity index (χ3n) is 4.08. The zero-order valence-electron chi connectivity index (χ0n) is 12.8. The van der Waals surface area contributed by atoms with Crippen LogP contribution in [-0.2, 0) is 0 Å². The van der Waals surface area contributed by atoms with Gasteiger partial charge in [-0.1, -0.05) is 12.1 Å². The summed E-state index contributed by atoms with van der Waals surface area (Å²) in [5.41, 5.74) is 4.35. The molecule has 114 valence electrons. The van der Waals surface area contributed by atoms with Crippen LogP contribution >= 0.6 is 0 Å². The van der Waals surface area contributed by atoms with E-state index in [2.05, 4.69) is 26.0 Å². The summed E-state index contributed by atoms with van der Waals surface area (Å²) in [6, 6.07) is 8.06. The van der Waals surface area contributed by atoms with E-state index in [1.807, 2.05) is 12.1 Å². The van der Waals surface area contributed by atoms with Crippen molar-refractivity contribution in [1.29, 1.82) is 0 Å². The Morgan fingerprint density at radius 1 is 0.591 bits per heavy atom. The van der Waals surface area contributed by atoms with E-state index >= 15 is 0 Å². The second kappa shape index (κ2) is 5.13. The van der Waals surface area contributed by atoms with Gasteiger partial charge in [-0.3, -0.25) is 0 Å². The Labute approximate surface area is 129 Å². The van der Waals surface area contributed by atoms with Crippen LogP contribution in [0, 0.1) is 13.8 Å². The molecule has 0 aromatic heterocycles. The average Bonchev–Trinajstić information content (AvgIpc) is 2.56. The first-order valence-corrected chi connectivity index (χ1v) is 7.54. The van der Waals surface area contributed by atoms with E-state index in [1.165, 1.54) is 0 Å². The second-order valence-electron chi connectivity index (χ2n) is 5.56. The summed E-state index contributed by atoms with van der Waals surface area (Å²) in [7, 11) is 0. The molecule has 0 unspecified atom stereocenters. The first-order chi connectivity index (χ1) is 10.8. The quantitative estimate of drug-likeness (QED) is 0.807. The normalized spacial score (nSPS) is 15.5. The largest absolute Gasteiger partial charge is 0.486 e. The molecule has 2 aliphatic rings. The molecule has 0 N–H and O–H groups in total. The van der Waals surface area contributed by atoms with E-state index in [0.29, 0.717) is 26.4 Å². The molecule has 2 heterocycles. The fourth-order valence-electron chi connectivity index (χ4n) is 3.05. The number of ether oxygens (including phenoxy) is 4. The molecule has 0 fully saturated rings. The minimum atomic E-state index is 0.564. The lowest BCUT2D eigenvalue weighted by Crippen LogP contribution is -2.18. The Hall–Kier alpha value is -2.36. The van der Waals surface area contributed by atoms with Gasteiger partial charge >= 0.3 is 0 Å². The molecular weight excluding hydrogens is 280 g/mol. The average molecular weight is 298 g/mol. The van der Waals surface area contributed by atoms with Gasteiger partial charge in [0.05, 0.1) is 0 Å². The first-order valence-electron chi connectivity index (χ1n) is 7.54. The Morgan fingerprint density at radius 3 is 1.45 bits per heavy atom. The zero-order chi connectivity index (χ0) is 15.1. The van der Waals surface area contributed by atoms with Crippen LogP contribution in [0.15, 0.2) is 24.3 Å². The van der Waals surface area contributed by atoms with Crippen molar-refractivity contribution in [1.82, 2.24) is 0 Å². The van der Waals surface area contributed by atoms with Gasteiger partial charge in [-0.25, -0.2) is 0 Å². The highest BCUT2D eigenvalue weighted by molar-refractivity contribution is 5.85. The van der Waals surface area contributed by atoms with Crippen LogP contribution in [0.4, 0.5) is 0 Å². The minimum Gasteiger partial charge on any atom is -0.486 e. The molecule has 0 spiro atoms. The van der Waals surface area contributed by atoms with Gasteiger partial charge in [0, 0.05) is 11.1 Å². The topological polar surface area (TPSA) is 36.9 Å². The van der Waals surface area contributed by atoms with Crippen LogP contribution < -0.4 is 18.9 Å². The summed E-state index contributed by atoms with van der Waals surface area (Å²) in [6.45, 7) is 6.46. The molecule has 2 aromatic rings. The maximum atomic E-state index is 5.91. The SMILES string of the molecule is Cc1ccc2c(c1-c1c(C)ccc3c1OCCO3)OCCO2. The highest BCUT2D eigenvalue weighted by Gasteiger charge is 2.26. The fraction of sp³-hybridized carbons (Fsp3) is 0.333. The minimum absolute atomic E-state index is 0.564. The van der Waals surface area contributed by atoms with Gasteiger partial charge in [0.15, 0.2) is 23.0 Å². The van der Waals surface area contributed by atoms with E-state index in [0.717, 1.165) is 45.3 Å². The molecule has 0 saturated carbocycles. The Morgan fingerprint density at radius 2 is 1.00 bits per heavy atom. The molecule has 4 rings (SSSR count). The van der Waals surface area contributed by atoms with Crippen molar-refractivity contribution in [3.05, 3.63) is 35.4 Å². The van der Waals surface area contributed by atoms with Crippen LogP contribution in [0.2, 0.25) is 0 Å². The molecule has 2 aromatic carbocycles. The molecule has 4 nitrogen and oxygen atoms in total. The van der Waals surface area contributed by atoms with Gasteiger partial charge in [-0.2, -0.15) is 0 Å². The van der Waals surface area contributed by atoms with Crippen LogP contribution in [0.3, 0.4) is 0 Å². The van der Waals surface area contributed by atoms with Crippen LogP contribution in [0.5, 0.6) is 23.0 Å². The van der Waals surface area contributed by atoms with Gasteiger partial charge in [-0.15, -0.1) is 0 Å². The summed E-state index contributed by atoms with van der Waals surface area (Å²) in [4.78, 5) is 0. The number of aryl methyl sites for hydroxylation is 2. The van der Waals surface area contributed by atoms with Crippen molar-refractivity contribution in [2.45, 2.75) is 13.8 Å². The second-order valence-corrected chi connectivity index (χ2v) is 5.56. The molecule has 22 heavy (non-hydrogen) atoms. The van der Waals surface area contributed by atoms with Crippen molar-refractivity contribution in [2.75, 3.05) is 26.4 Å². The predicted octanol–water partition coefficient (Wildman–Crippen LogP) is 3.51. The lowest BCUT2D eigenvalue weighted by molar-refractivity contribution is 0.169. The number of fused-ring (bicyclic) bond motifs is 2. The van der Waals surface area contributed by atoms with Crippen molar-refractivity contribution in [3.8, 4) is 34.1 Å². The highest BCUT2D eigenvalue weighted by Crippen LogP contribution is 2.49. The summed E-state index contributed by atoms with van der Waals surface area (Å²) in [5, 5.41) is 0. The molecule has 0 radical (unpaired) electrons. The molecule has 2 aliphatic heterocycles. The molecule has 0 aliphatic carbocycles. The molecule has 4 heteroatoms.